The van der Waals surface area contributed by atoms with Crippen molar-refractivity contribution in [1.29, 1.82) is 0 Å². The third-order valence-electron chi connectivity index (χ3n) is 5.19. The second kappa shape index (κ2) is 5.81. The van der Waals surface area contributed by atoms with Gasteiger partial charge in [-0.3, -0.25) is 9.69 Å². The monoisotopic (exact) mass is 296 g/mol. The predicted octanol–water partition coefficient (Wildman–Crippen LogP) is -0.117. The molecule has 3 rings (SSSR count). The Labute approximate surface area is 124 Å². The maximum Gasteiger partial charge on any atom is 0.234 e. The maximum atomic E-state index is 12.4. The lowest BCUT2D eigenvalue weighted by Gasteiger charge is -2.40. The maximum absolute atomic E-state index is 12.4. The average Bonchev–Trinajstić information content (AvgIpc) is 2.91. The molecule has 1 aliphatic carbocycles. The van der Waals surface area contributed by atoms with Gasteiger partial charge in [-0.1, -0.05) is 11.6 Å². The van der Waals surface area contributed by atoms with Gasteiger partial charge >= 0.3 is 0 Å². The summed E-state index contributed by atoms with van der Waals surface area (Å²) >= 11 is 0. The number of ether oxygens (including phenoxy) is 1. The fourth-order valence-corrected chi connectivity index (χ4v) is 3.61. The molecular formula is C14H24N4O3. The Bertz CT molecular complexity index is 436. The number of rotatable bonds is 4. The van der Waals surface area contributed by atoms with Crippen LogP contribution in [0.3, 0.4) is 0 Å². The first-order chi connectivity index (χ1) is 10.2. The van der Waals surface area contributed by atoms with Gasteiger partial charge in [0, 0.05) is 19.1 Å². The Kier molecular flexibility index (Phi) is 4.03. The molecule has 2 heterocycles. The zero-order chi connectivity index (χ0) is 14.9. The minimum Gasteiger partial charge on any atom is -0.409 e. The first-order valence-corrected chi connectivity index (χ1v) is 7.78. The number of nitrogens with zero attached hydrogens (tertiary/aromatic N) is 2. The molecule has 0 aromatic rings. The van der Waals surface area contributed by atoms with Crippen LogP contribution in [0.5, 0.6) is 0 Å². The number of morpholine rings is 1. The third-order valence-corrected chi connectivity index (χ3v) is 5.19. The molecule has 3 aliphatic rings. The zero-order valence-electron chi connectivity index (χ0n) is 12.3. The van der Waals surface area contributed by atoms with Crippen LogP contribution in [0.15, 0.2) is 5.16 Å². The summed E-state index contributed by atoms with van der Waals surface area (Å²) in [6, 6.07) is 0.562. The van der Waals surface area contributed by atoms with Gasteiger partial charge in [-0.2, -0.15) is 0 Å². The van der Waals surface area contributed by atoms with E-state index in [0.29, 0.717) is 25.4 Å². The van der Waals surface area contributed by atoms with Gasteiger partial charge in [-0.25, -0.2) is 0 Å². The average molecular weight is 296 g/mol. The smallest absolute Gasteiger partial charge is 0.234 e. The number of amidine groups is 1. The lowest BCUT2D eigenvalue weighted by Crippen LogP contribution is -2.56. The number of fused-ring (bicyclic) bond motifs is 1. The molecule has 2 saturated heterocycles. The number of hydrogen-bond acceptors (Lipinski definition) is 5. The first kappa shape index (κ1) is 14.6. The molecule has 7 heteroatoms. The lowest BCUT2D eigenvalue weighted by molar-refractivity contribution is -0.132. The quantitative estimate of drug-likeness (QED) is 0.291. The largest absolute Gasteiger partial charge is 0.409 e. The van der Waals surface area contributed by atoms with Gasteiger partial charge in [0.15, 0.2) is 5.84 Å². The fraction of sp³-hybridized carbons (Fsp3) is 0.857. The van der Waals surface area contributed by atoms with Crippen molar-refractivity contribution in [2.45, 2.75) is 44.2 Å². The number of hydrogen-bond donors (Lipinski definition) is 3. The number of oxime groups is 1. The molecule has 0 bridgehead atoms. The van der Waals surface area contributed by atoms with E-state index in [1.165, 1.54) is 12.8 Å². The van der Waals surface area contributed by atoms with Gasteiger partial charge in [0.2, 0.25) is 5.91 Å². The van der Waals surface area contributed by atoms with E-state index in [1.807, 2.05) is 0 Å². The van der Waals surface area contributed by atoms with Crippen molar-refractivity contribution in [1.82, 2.24) is 10.2 Å². The van der Waals surface area contributed by atoms with E-state index >= 15 is 0 Å². The minimum absolute atomic E-state index is 0.0235. The molecular weight excluding hydrogens is 272 g/mol. The summed E-state index contributed by atoms with van der Waals surface area (Å²) in [6.07, 6.45) is 4.71. The lowest BCUT2D eigenvalue weighted by atomic mass is 9.67. The molecule has 3 fully saturated rings. The van der Waals surface area contributed by atoms with Crippen LogP contribution in [0.2, 0.25) is 0 Å². The summed E-state index contributed by atoms with van der Waals surface area (Å²) < 4.78 is 5.83. The molecule has 1 amide bonds. The number of nitrogens with one attached hydrogen (secondary N) is 1. The van der Waals surface area contributed by atoms with Gasteiger partial charge < -0.3 is 21.0 Å². The predicted molar refractivity (Wildman–Crippen MR) is 77.0 cm³/mol. The SMILES string of the molecule is NC(=NO)C1(C(=O)NCC2CN3CCCC3CO2)CCC1. The van der Waals surface area contributed by atoms with Gasteiger partial charge in [0.1, 0.15) is 5.41 Å². The summed E-state index contributed by atoms with van der Waals surface area (Å²) in [4.78, 5) is 14.8. The molecule has 7 nitrogen and oxygen atoms in total. The summed E-state index contributed by atoms with van der Waals surface area (Å²) in [5.41, 5.74) is 4.89. The Morgan fingerprint density at radius 2 is 2.29 bits per heavy atom. The van der Waals surface area contributed by atoms with Gasteiger partial charge in [0.25, 0.3) is 0 Å². The van der Waals surface area contributed by atoms with E-state index in [2.05, 4.69) is 15.4 Å². The van der Waals surface area contributed by atoms with Crippen LogP contribution in [0.1, 0.15) is 32.1 Å². The Morgan fingerprint density at radius 1 is 1.48 bits per heavy atom. The second-order valence-electron chi connectivity index (χ2n) is 6.38. The molecule has 118 valence electrons. The molecule has 0 aromatic carbocycles. The van der Waals surface area contributed by atoms with Crippen molar-refractivity contribution in [2.24, 2.45) is 16.3 Å². The number of nitrogens with two attached hydrogens (primary N) is 1. The van der Waals surface area contributed by atoms with Crippen LogP contribution >= 0.6 is 0 Å². The zero-order valence-corrected chi connectivity index (χ0v) is 12.3. The normalized spacial score (nSPS) is 32.3. The molecule has 2 unspecified atom stereocenters. The van der Waals surface area contributed by atoms with E-state index in [-0.39, 0.29) is 17.8 Å². The van der Waals surface area contributed by atoms with Crippen molar-refractivity contribution in [2.75, 3.05) is 26.2 Å². The third kappa shape index (κ3) is 2.60. The highest BCUT2D eigenvalue weighted by Gasteiger charge is 2.48. The van der Waals surface area contributed by atoms with Crippen LogP contribution < -0.4 is 11.1 Å². The first-order valence-electron chi connectivity index (χ1n) is 7.78. The van der Waals surface area contributed by atoms with Crippen LogP contribution in [-0.4, -0.2) is 60.2 Å². The van der Waals surface area contributed by atoms with Crippen LogP contribution in [-0.2, 0) is 9.53 Å². The highest BCUT2D eigenvalue weighted by Crippen LogP contribution is 2.41. The number of amides is 1. The van der Waals surface area contributed by atoms with Crippen molar-refractivity contribution in [3.63, 3.8) is 0 Å². The molecule has 0 aromatic heterocycles. The van der Waals surface area contributed by atoms with Crippen LogP contribution in [0, 0.1) is 5.41 Å². The number of carbonyl (C=O) groups excluding carboxylic acids is 1. The van der Waals surface area contributed by atoms with Gasteiger partial charge in [-0.15, -0.1) is 0 Å². The fourth-order valence-electron chi connectivity index (χ4n) is 3.61. The summed E-state index contributed by atoms with van der Waals surface area (Å²) in [5.74, 6) is -0.119. The van der Waals surface area contributed by atoms with E-state index in [4.69, 9.17) is 15.7 Å². The molecule has 4 N–H and O–H groups in total. The highest BCUT2D eigenvalue weighted by molar-refractivity contribution is 6.07. The van der Waals surface area contributed by atoms with Crippen molar-refractivity contribution in [3.05, 3.63) is 0 Å². The minimum atomic E-state index is -0.806. The molecule has 1 saturated carbocycles. The summed E-state index contributed by atoms with van der Waals surface area (Å²) in [7, 11) is 0. The summed E-state index contributed by atoms with van der Waals surface area (Å²) in [6.45, 7) is 3.25. The standard InChI is InChI=1S/C14H24N4O3/c15-12(17-20)14(4-2-5-14)13(19)16-7-11-8-18-6-1-3-10(18)9-21-11/h10-11,20H,1-9H2,(H2,15,17)(H,16,19). The Balaban J connectivity index is 1.52. The molecule has 2 atom stereocenters. The molecule has 0 spiro atoms. The van der Waals surface area contributed by atoms with E-state index < -0.39 is 5.41 Å². The Hall–Kier alpha value is -1.34. The Morgan fingerprint density at radius 3 is 2.95 bits per heavy atom. The van der Waals surface area contributed by atoms with Gasteiger partial charge in [0.05, 0.1) is 12.7 Å². The molecule has 0 radical (unpaired) electrons. The topological polar surface area (TPSA) is 100 Å². The van der Waals surface area contributed by atoms with E-state index in [0.717, 1.165) is 26.1 Å². The highest BCUT2D eigenvalue weighted by atomic mass is 16.5. The number of carbonyl (C=O) groups is 1. The summed E-state index contributed by atoms with van der Waals surface area (Å²) in [5, 5.41) is 14.8. The van der Waals surface area contributed by atoms with Gasteiger partial charge in [-0.05, 0) is 32.2 Å². The van der Waals surface area contributed by atoms with Crippen molar-refractivity contribution >= 4 is 11.7 Å². The molecule has 2 aliphatic heterocycles. The van der Waals surface area contributed by atoms with Crippen molar-refractivity contribution in [3.8, 4) is 0 Å². The van der Waals surface area contributed by atoms with E-state index in [9.17, 15) is 4.79 Å². The molecule has 21 heavy (non-hydrogen) atoms. The van der Waals surface area contributed by atoms with Crippen LogP contribution in [0.25, 0.3) is 0 Å². The van der Waals surface area contributed by atoms with E-state index in [1.54, 1.807) is 0 Å². The van der Waals surface area contributed by atoms with Crippen molar-refractivity contribution < 1.29 is 14.7 Å². The second-order valence-corrected chi connectivity index (χ2v) is 6.38. The van der Waals surface area contributed by atoms with Crippen LogP contribution in [0.4, 0.5) is 0 Å².